The van der Waals surface area contributed by atoms with Gasteiger partial charge in [0.1, 0.15) is 5.00 Å². The van der Waals surface area contributed by atoms with Crippen LogP contribution in [-0.4, -0.2) is 23.7 Å². The monoisotopic (exact) mass is 308 g/mol. The van der Waals surface area contributed by atoms with Gasteiger partial charge in [-0.25, -0.2) is 9.59 Å². The van der Waals surface area contributed by atoms with E-state index in [2.05, 4.69) is 16.7 Å². The van der Waals surface area contributed by atoms with Crippen molar-refractivity contribution in [1.29, 1.82) is 0 Å². The molecule has 21 heavy (non-hydrogen) atoms. The number of allylic oxidation sites excluding steroid dienone is 1. The predicted octanol–water partition coefficient (Wildman–Crippen LogP) is 3.69. The lowest BCUT2D eigenvalue weighted by atomic mass is 10.1. The zero-order valence-electron chi connectivity index (χ0n) is 12.3. The first-order valence-electron chi connectivity index (χ1n) is 7.05. The molecule has 0 aromatic carbocycles. The summed E-state index contributed by atoms with van der Waals surface area (Å²) >= 11 is 1.29. The number of amides is 2. The summed E-state index contributed by atoms with van der Waals surface area (Å²) in [5.74, 6) is -1.01. The summed E-state index contributed by atoms with van der Waals surface area (Å²) in [7, 11) is 0. The first-order valence-corrected chi connectivity index (χ1v) is 7.86. The summed E-state index contributed by atoms with van der Waals surface area (Å²) in [6, 6.07) is -0.350. The molecule has 0 radical (unpaired) electrons. The number of anilines is 1. The van der Waals surface area contributed by atoms with E-state index in [9.17, 15) is 14.7 Å². The van der Waals surface area contributed by atoms with Crippen LogP contribution in [0, 0.1) is 13.8 Å². The zero-order valence-corrected chi connectivity index (χ0v) is 13.1. The number of hydrogen-bond donors (Lipinski definition) is 3. The molecular formula is C15H20N2O3S. The Hall–Kier alpha value is -1.82. The number of nitrogens with one attached hydrogen (secondary N) is 2. The van der Waals surface area contributed by atoms with E-state index in [4.69, 9.17) is 0 Å². The Bertz CT molecular complexity index is 590. The molecule has 1 aromatic rings. The number of aryl methyl sites for hydroxylation is 1. The Kier molecular flexibility index (Phi) is 5.01. The van der Waals surface area contributed by atoms with E-state index in [0.717, 1.165) is 24.1 Å². The number of urea groups is 1. The smallest absolute Gasteiger partial charge is 0.338 e. The normalized spacial score (nSPS) is 13.9. The number of carbonyl (C=O) groups is 2. The van der Waals surface area contributed by atoms with E-state index < -0.39 is 5.97 Å². The molecule has 6 heteroatoms. The van der Waals surface area contributed by atoms with Crippen LogP contribution in [0.4, 0.5) is 9.80 Å². The molecule has 0 saturated carbocycles. The predicted molar refractivity (Wildman–Crippen MR) is 84.3 cm³/mol. The van der Waals surface area contributed by atoms with E-state index >= 15 is 0 Å². The highest BCUT2D eigenvalue weighted by Crippen LogP contribution is 2.32. The highest BCUT2D eigenvalue weighted by molar-refractivity contribution is 7.16. The van der Waals surface area contributed by atoms with Crippen molar-refractivity contribution in [2.45, 2.75) is 39.5 Å². The van der Waals surface area contributed by atoms with E-state index in [1.165, 1.54) is 23.3 Å². The van der Waals surface area contributed by atoms with Crippen LogP contribution in [0.15, 0.2) is 11.6 Å². The summed E-state index contributed by atoms with van der Waals surface area (Å²) in [4.78, 5) is 24.0. The second-order valence-electron chi connectivity index (χ2n) is 5.18. The van der Waals surface area contributed by atoms with Crippen LogP contribution >= 0.6 is 11.3 Å². The molecule has 0 saturated heterocycles. The van der Waals surface area contributed by atoms with E-state index in [1.54, 1.807) is 6.92 Å². The van der Waals surface area contributed by atoms with Crippen LogP contribution in [0.1, 0.15) is 46.5 Å². The quantitative estimate of drug-likeness (QED) is 0.726. The van der Waals surface area contributed by atoms with Gasteiger partial charge in [0.25, 0.3) is 0 Å². The van der Waals surface area contributed by atoms with Gasteiger partial charge in [0.15, 0.2) is 0 Å². The minimum absolute atomic E-state index is 0.186. The van der Waals surface area contributed by atoms with Gasteiger partial charge in [-0.2, -0.15) is 0 Å². The largest absolute Gasteiger partial charge is 0.478 e. The molecule has 0 fully saturated rings. The Labute approximate surface area is 128 Å². The van der Waals surface area contributed by atoms with Gasteiger partial charge in [0, 0.05) is 11.4 Å². The van der Waals surface area contributed by atoms with Crippen molar-refractivity contribution in [3.8, 4) is 0 Å². The van der Waals surface area contributed by atoms with Gasteiger partial charge >= 0.3 is 12.0 Å². The number of carboxylic acids is 1. The van der Waals surface area contributed by atoms with Crippen LogP contribution in [0.25, 0.3) is 0 Å². The molecule has 0 bridgehead atoms. The maximum absolute atomic E-state index is 11.9. The maximum Gasteiger partial charge on any atom is 0.338 e. The van der Waals surface area contributed by atoms with Crippen molar-refractivity contribution in [2.75, 3.05) is 11.9 Å². The lowest BCUT2D eigenvalue weighted by Crippen LogP contribution is -2.29. The SMILES string of the molecule is Cc1sc(NC(=O)NCCC2=CCCC2)c(C(=O)O)c1C. The number of rotatable bonds is 5. The standard InChI is InChI=1S/C15H20N2O3S/c1-9-10(2)21-13(12(9)14(18)19)17-15(20)16-8-7-11-5-3-4-6-11/h5H,3-4,6-8H2,1-2H3,(H,18,19)(H2,16,17,20). The third-order valence-corrected chi connectivity index (χ3v) is 4.82. The lowest BCUT2D eigenvalue weighted by molar-refractivity contribution is 0.0697. The van der Waals surface area contributed by atoms with Crippen LogP contribution in [0.3, 0.4) is 0 Å². The average molecular weight is 308 g/mol. The molecule has 1 aliphatic carbocycles. The zero-order chi connectivity index (χ0) is 15.4. The maximum atomic E-state index is 11.9. The summed E-state index contributed by atoms with van der Waals surface area (Å²) in [5.41, 5.74) is 2.29. The number of aromatic carboxylic acids is 1. The molecular weight excluding hydrogens is 288 g/mol. The van der Waals surface area contributed by atoms with Gasteiger partial charge in [0.05, 0.1) is 5.56 Å². The first kappa shape index (κ1) is 15.6. The molecule has 2 amide bonds. The van der Waals surface area contributed by atoms with Crippen molar-refractivity contribution in [1.82, 2.24) is 5.32 Å². The molecule has 0 aliphatic heterocycles. The second kappa shape index (κ2) is 6.76. The molecule has 3 N–H and O–H groups in total. The summed E-state index contributed by atoms with van der Waals surface area (Å²) < 4.78 is 0. The number of carbonyl (C=O) groups excluding carboxylic acids is 1. The van der Waals surface area contributed by atoms with Gasteiger partial charge in [-0.3, -0.25) is 5.32 Å². The van der Waals surface area contributed by atoms with Gasteiger partial charge in [-0.1, -0.05) is 11.6 Å². The van der Waals surface area contributed by atoms with Crippen molar-refractivity contribution < 1.29 is 14.7 Å². The fraction of sp³-hybridized carbons (Fsp3) is 0.467. The lowest BCUT2D eigenvalue weighted by Gasteiger charge is -2.07. The third kappa shape index (κ3) is 3.85. The van der Waals surface area contributed by atoms with Crippen LogP contribution in [0.5, 0.6) is 0 Å². The van der Waals surface area contributed by atoms with Crippen molar-refractivity contribution in [3.63, 3.8) is 0 Å². The van der Waals surface area contributed by atoms with Crippen LogP contribution < -0.4 is 10.6 Å². The highest BCUT2D eigenvalue weighted by Gasteiger charge is 2.20. The molecule has 2 rings (SSSR count). The Morgan fingerprint density at radius 3 is 2.76 bits per heavy atom. The van der Waals surface area contributed by atoms with Gasteiger partial charge in [0.2, 0.25) is 0 Å². The molecule has 114 valence electrons. The average Bonchev–Trinajstić information content (AvgIpc) is 2.99. The highest BCUT2D eigenvalue weighted by atomic mass is 32.1. The van der Waals surface area contributed by atoms with Gasteiger partial charge in [-0.05, 0) is 45.1 Å². The van der Waals surface area contributed by atoms with Crippen molar-refractivity contribution in [2.24, 2.45) is 0 Å². The number of hydrogen-bond acceptors (Lipinski definition) is 3. The minimum Gasteiger partial charge on any atom is -0.478 e. The topological polar surface area (TPSA) is 78.4 Å². The molecule has 1 heterocycles. The molecule has 1 aromatic heterocycles. The Morgan fingerprint density at radius 2 is 2.14 bits per heavy atom. The minimum atomic E-state index is -1.01. The van der Waals surface area contributed by atoms with E-state index in [1.807, 2.05) is 6.92 Å². The van der Waals surface area contributed by atoms with Crippen LogP contribution in [-0.2, 0) is 0 Å². The van der Waals surface area contributed by atoms with Crippen molar-refractivity contribution >= 4 is 28.3 Å². The Morgan fingerprint density at radius 1 is 1.38 bits per heavy atom. The van der Waals surface area contributed by atoms with Crippen LogP contribution in [0.2, 0.25) is 0 Å². The van der Waals surface area contributed by atoms with Crippen molar-refractivity contribution in [3.05, 3.63) is 27.7 Å². The molecule has 1 aliphatic rings. The number of thiophene rings is 1. The fourth-order valence-electron chi connectivity index (χ4n) is 2.42. The molecule has 0 spiro atoms. The summed E-state index contributed by atoms with van der Waals surface area (Å²) in [6.07, 6.45) is 6.56. The Balaban J connectivity index is 1.90. The summed E-state index contributed by atoms with van der Waals surface area (Å²) in [6.45, 7) is 4.18. The summed E-state index contributed by atoms with van der Waals surface area (Å²) in [5, 5.41) is 15.0. The third-order valence-electron chi connectivity index (χ3n) is 3.69. The first-order chi connectivity index (χ1) is 9.99. The molecule has 0 unspecified atom stereocenters. The number of carboxylic acid groups (broad SMARTS) is 1. The molecule has 0 atom stereocenters. The van der Waals surface area contributed by atoms with E-state index in [0.29, 0.717) is 17.1 Å². The van der Waals surface area contributed by atoms with Gasteiger partial charge in [-0.15, -0.1) is 11.3 Å². The second-order valence-corrected chi connectivity index (χ2v) is 6.40. The fourth-order valence-corrected chi connectivity index (χ4v) is 3.47. The van der Waals surface area contributed by atoms with Gasteiger partial charge < -0.3 is 10.4 Å². The van der Waals surface area contributed by atoms with E-state index in [-0.39, 0.29) is 11.6 Å². The molecule has 5 nitrogen and oxygen atoms in total.